The lowest BCUT2D eigenvalue weighted by atomic mass is 10.0. The maximum atomic E-state index is 13.2. The maximum Gasteiger partial charge on any atom is 0.123 e. The zero-order valence-corrected chi connectivity index (χ0v) is 9.96. The lowest BCUT2D eigenvalue weighted by Crippen LogP contribution is -1.91. The van der Waals surface area contributed by atoms with Gasteiger partial charge in [-0.25, -0.2) is 4.39 Å². The van der Waals surface area contributed by atoms with Gasteiger partial charge in [0.25, 0.3) is 0 Å². The van der Waals surface area contributed by atoms with Gasteiger partial charge in [0.15, 0.2) is 0 Å². The molecule has 88 valence electrons. The highest BCUT2D eigenvalue weighted by atomic mass is 35.5. The number of hydrogen-bond donors (Lipinski definition) is 1. The third-order valence-electron chi connectivity index (χ3n) is 2.40. The zero-order chi connectivity index (χ0) is 12.4. The molecule has 17 heavy (non-hydrogen) atoms. The third kappa shape index (κ3) is 2.50. The van der Waals surface area contributed by atoms with Gasteiger partial charge in [0.05, 0.1) is 7.11 Å². The molecule has 0 aliphatic rings. The van der Waals surface area contributed by atoms with Crippen molar-refractivity contribution in [2.24, 2.45) is 0 Å². The fourth-order valence-corrected chi connectivity index (χ4v) is 1.84. The van der Waals surface area contributed by atoms with Crippen LogP contribution in [0.25, 0.3) is 11.1 Å². The smallest absolute Gasteiger partial charge is 0.123 e. The van der Waals surface area contributed by atoms with E-state index in [1.165, 1.54) is 18.2 Å². The minimum Gasteiger partial charge on any atom is -0.497 e. The molecule has 0 aliphatic carbocycles. The van der Waals surface area contributed by atoms with E-state index in [0.29, 0.717) is 22.0 Å². The summed E-state index contributed by atoms with van der Waals surface area (Å²) < 4.78 is 18.3. The number of anilines is 1. The molecule has 2 rings (SSSR count). The van der Waals surface area contributed by atoms with Crippen molar-refractivity contribution in [3.05, 3.63) is 47.2 Å². The van der Waals surface area contributed by atoms with E-state index in [-0.39, 0.29) is 5.82 Å². The number of ether oxygens (including phenoxy) is 1. The zero-order valence-electron chi connectivity index (χ0n) is 9.21. The highest BCUT2D eigenvalue weighted by Gasteiger charge is 2.07. The van der Waals surface area contributed by atoms with Crippen LogP contribution in [-0.4, -0.2) is 7.11 Å². The molecule has 0 atom stereocenters. The van der Waals surface area contributed by atoms with Crippen LogP contribution in [0.2, 0.25) is 5.02 Å². The molecule has 0 bridgehead atoms. The van der Waals surface area contributed by atoms with E-state index in [9.17, 15) is 4.39 Å². The van der Waals surface area contributed by atoms with E-state index in [1.807, 2.05) is 0 Å². The van der Waals surface area contributed by atoms with Crippen molar-refractivity contribution in [2.45, 2.75) is 0 Å². The molecule has 2 nitrogen and oxygen atoms in total. The van der Waals surface area contributed by atoms with Crippen LogP contribution in [0, 0.1) is 5.82 Å². The van der Waals surface area contributed by atoms with Crippen molar-refractivity contribution in [3.8, 4) is 16.9 Å². The third-order valence-corrected chi connectivity index (χ3v) is 2.73. The normalized spacial score (nSPS) is 10.3. The molecule has 0 heterocycles. The van der Waals surface area contributed by atoms with Gasteiger partial charge in [-0.05, 0) is 35.9 Å². The number of halogens is 2. The second kappa shape index (κ2) is 4.63. The Morgan fingerprint density at radius 2 is 1.94 bits per heavy atom. The van der Waals surface area contributed by atoms with Crippen molar-refractivity contribution in [2.75, 3.05) is 12.8 Å². The second-order valence-electron chi connectivity index (χ2n) is 3.62. The van der Waals surface area contributed by atoms with Crippen molar-refractivity contribution in [1.29, 1.82) is 0 Å². The average molecular weight is 252 g/mol. The van der Waals surface area contributed by atoms with Crippen LogP contribution in [0.1, 0.15) is 0 Å². The Labute approximate surface area is 104 Å². The summed E-state index contributed by atoms with van der Waals surface area (Å²) in [5.41, 5.74) is 7.61. The summed E-state index contributed by atoms with van der Waals surface area (Å²) in [5.74, 6) is 0.270. The van der Waals surface area contributed by atoms with Gasteiger partial charge in [-0.2, -0.15) is 0 Å². The Balaban J connectivity index is 2.59. The topological polar surface area (TPSA) is 35.2 Å². The second-order valence-corrected chi connectivity index (χ2v) is 4.03. The average Bonchev–Trinajstić information content (AvgIpc) is 2.31. The molecule has 0 radical (unpaired) electrons. The van der Waals surface area contributed by atoms with Gasteiger partial charge in [0.1, 0.15) is 11.6 Å². The first-order chi connectivity index (χ1) is 8.10. The van der Waals surface area contributed by atoms with Gasteiger partial charge in [-0.3, -0.25) is 0 Å². The number of hydrogen-bond acceptors (Lipinski definition) is 2. The summed E-state index contributed by atoms with van der Waals surface area (Å²) in [6.07, 6.45) is 0. The Morgan fingerprint density at radius 3 is 2.65 bits per heavy atom. The summed E-state index contributed by atoms with van der Waals surface area (Å²) in [6.45, 7) is 0. The summed E-state index contributed by atoms with van der Waals surface area (Å²) in [5, 5.41) is 0.471. The molecule has 2 aromatic rings. The van der Waals surface area contributed by atoms with E-state index >= 15 is 0 Å². The van der Waals surface area contributed by atoms with E-state index in [1.54, 1.807) is 25.3 Å². The highest BCUT2D eigenvalue weighted by molar-refractivity contribution is 6.33. The molecular weight excluding hydrogens is 241 g/mol. The fraction of sp³-hybridized carbons (Fsp3) is 0.0769. The van der Waals surface area contributed by atoms with Crippen molar-refractivity contribution in [3.63, 3.8) is 0 Å². The van der Waals surface area contributed by atoms with Crippen LogP contribution in [0.3, 0.4) is 0 Å². The SMILES string of the molecule is COc1cc(N)cc(-c2cc(F)ccc2Cl)c1. The molecule has 0 aliphatic heterocycles. The van der Waals surface area contributed by atoms with Gasteiger partial charge in [0, 0.05) is 22.3 Å². The number of benzene rings is 2. The van der Waals surface area contributed by atoms with E-state index in [4.69, 9.17) is 22.1 Å². The van der Waals surface area contributed by atoms with Gasteiger partial charge in [0.2, 0.25) is 0 Å². The van der Waals surface area contributed by atoms with Gasteiger partial charge >= 0.3 is 0 Å². The largest absolute Gasteiger partial charge is 0.497 e. The lowest BCUT2D eigenvalue weighted by Gasteiger charge is -2.08. The lowest BCUT2D eigenvalue weighted by molar-refractivity contribution is 0.415. The summed E-state index contributed by atoms with van der Waals surface area (Å²) in [4.78, 5) is 0. The fourth-order valence-electron chi connectivity index (χ4n) is 1.61. The van der Waals surface area contributed by atoms with E-state index < -0.39 is 0 Å². The Hall–Kier alpha value is -1.74. The first kappa shape index (κ1) is 11.7. The van der Waals surface area contributed by atoms with Crippen LogP contribution in [0.5, 0.6) is 5.75 Å². The quantitative estimate of drug-likeness (QED) is 0.826. The predicted octanol–water partition coefficient (Wildman–Crippen LogP) is 3.74. The van der Waals surface area contributed by atoms with Crippen LogP contribution < -0.4 is 10.5 Å². The molecular formula is C13H11ClFNO. The van der Waals surface area contributed by atoms with Gasteiger partial charge < -0.3 is 10.5 Å². The van der Waals surface area contributed by atoms with Crippen LogP contribution in [0.15, 0.2) is 36.4 Å². The molecule has 0 saturated heterocycles. The first-order valence-corrected chi connectivity index (χ1v) is 5.38. The van der Waals surface area contributed by atoms with Crippen LogP contribution in [0.4, 0.5) is 10.1 Å². The van der Waals surface area contributed by atoms with Crippen LogP contribution in [-0.2, 0) is 0 Å². The monoisotopic (exact) mass is 251 g/mol. The molecule has 2 N–H and O–H groups in total. The highest BCUT2D eigenvalue weighted by Crippen LogP contribution is 2.32. The minimum absolute atomic E-state index is 0.342. The standard InChI is InChI=1S/C13H11ClFNO/c1-17-11-5-8(4-10(16)7-11)12-6-9(15)2-3-13(12)14/h2-7H,16H2,1H3. The predicted molar refractivity (Wildman–Crippen MR) is 67.8 cm³/mol. The Kier molecular flexibility index (Phi) is 3.20. The van der Waals surface area contributed by atoms with Crippen molar-refractivity contribution < 1.29 is 9.13 Å². The summed E-state index contributed by atoms with van der Waals surface area (Å²) in [6, 6.07) is 9.38. The molecule has 0 spiro atoms. The molecule has 2 aromatic carbocycles. The van der Waals surface area contributed by atoms with Gasteiger partial charge in [-0.15, -0.1) is 0 Å². The first-order valence-electron chi connectivity index (χ1n) is 5.00. The van der Waals surface area contributed by atoms with Crippen molar-refractivity contribution >= 4 is 17.3 Å². The minimum atomic E-state index is -0.342. The number of methoxy groups -OCH3 is 1. The summed E-state index contributed by atoms with van der Waals surface area (Å²) in [7, 11) is 1.55. The molecule has 0 amide bonds. The maximum absolute atomic E-state index is 13.2. The Bertz CT molecular complexity index is 557. The summed E-state index contributed by atoms with van der Waals surface area (Å²) >= 11 is 6.03. The molecule has 0 saturated carbocycles. The molecule has 4 heteroatoms. The molecule has 0 aromatic heterocycles. The van der Waals surface area contributed by atoms with Crippen molar-refractivity contribution in [1.82, 2.24) is 0 Å². The van der Waals surface area contributed by atoms with E-state index in [2.05, 4.69) is 0 Å². The molecule has 0 fully saturated rings. The number of nitrogens with two attached hydrogens (primary N) is 1. The Morgan fingerprint density at radius 1 is 1.18 bits per heavy atom. The van der Waals surface area contributed by atoms with E-state index in [0.717, 1.165) is 5.56 Å². The molecule has 0 unspecified atom stereocenters. The number of nitrogen functional groups attached to an aromatic ring is 1. The van der Waals surface area contributed by atoms with Crippen LogP contribution >= 0.6 is 11.6 Å². The number of rotatable bonds is 2. The van der Waals surface area contributed by atoms with Gasteiger partial charge in [-0.1, -0.05) is 11.6 Å².